The van der Waals surface area contributed by atoms with Gasteiger partial charge in [0.15, 0.2) is 5.16 Å². The number of anilines is 1. The van der Waals surface area contributed by atoms with Crippen molar-refractivity contribution < 1.29 is 23.9 Å². The van der Waals surface area contributed by atoms with Crippen LogP contribution in [0.4, 0.5) is 5.00 Å². The molecule has 10 heteroatoms. The Hall–Kier alpha value is -3.11. The molecule has 3 rings (SSSR count). The van der Waals surface area contributed by atoms with E-state index in [0.29, 0.717) is 17.3 Å². The van der Waals surface area contributed by atoms with E-state index in [2.05, 4.69) is 16.9 Å². The van der Waals surface area contributed by atoms with Crippen molar-refractivity contribution in [2.75, 3.05) is 25.3 Å². The van der Waals surface area contributed by atoms with Gasteiger partial charge in [-0.15, -0.1) is 17.9 Å². The van der Waals surface area contributed by atoms with E-state index in [-0.39, 0.29) is 27.1 Å². The van der Waals surface area contributed by atoms with Crippen molar-refractivity contribution in [3.8, 4) is 0 Å². The van der Waals surface area contributed by atoms with Gasteiger partial charge in [0, 0.05) is 6.54 Å². The first kappa shape index (κ1) is 22.6. The van der Waals surface area contributed by atoms with Crippen molar-refractivity contribution in [2.24, 2.45) is 0 Å². The molecule has 2 aromatic heterocycles. The Kier molecular flexibility index (Phi) is 7.13. The lowest BCUT2D eigenvalue weighted by Crippen LogP contribution is -2.16. The molecule has 0 fully saturated rings. The number of benzene rings is 1. The second-order valence-corrected chi connectivity index (χ2v) is 8.33. The highest BCUT2D eigenvalue weighted by Crippen LogP contribution is 2.34. The third-order valence-corrected chi connectivity index (χ3v) is 6.59. The van der Waals surface area contributed by atoms with Crippen LogP contribution in [0.5, 0.6) is 0 Å². The SMILES string of the molecule is C=CCn1c(SCC(=O)Nc2sc(C(=O)OC)c(C)c2C(=O)OC)nc2ccccc21. The summed E-state index contributed by atoms with van der Waals surface area (Å²) in [5, 5.41) is 3.64. The second kappa shape index (κ2) is 9.80. The minimum Gasteiger partial charge on any atom is -0.465 e. The fourth-order valence-electron chi connectivity index (χ4n) is 3.00. The molecule has 0 atom stereocenters. The second-order valence-electron chi connectivity index (χ2n) is 6.36. The van der Waals surface area contributed by atoms with Crippen LogP contribution in [0.1, 0.15) is 25.6 Å². The molecule has 8 nitrogen and oxygen atoms in total. The molecule has 31 heavy (non-hydrogen) atoms. The summed E-state index contributed by atoms with van der Waals surface area (Å²) < 4.78 is 11.5. The monoisotopic (exact) mass is 459 g/mol. The lowest BCUT2D eigenvalue weighted by molar-refractivity contribution is -0.113. The molecule has 0 aliphatic heterocycles. The largest absolute Gasteiger partial charge is 0.465 e. The topological polar surface area (TPSA) is 99.5 Å². The summed E-state index contributed by atoms with van der Waals surface area (Å²) in [7, 11) is 2.49. The van der Waals surface area contributed by atoms with Crippen LogP contribution < -0.4 is 5.32 Å². The van der Waals surface area contributed by atoms with Crippen molar-refractivity contribution in [2.45, 2.75) is 18.6 Å². The summed E-state index contributed by atoms with van der Waals surface area (Å²) in [5.74, 6) is -1.50. The molecule has 0 aliphatic carbocycles. The molecule has 3 aromatic rings. The van der Waals surface area contributed by atoms with Crippen LogP contribution in [0.25, 0.3) is 11.0 Å². The number of rotatable bonds is 8. The van der Waals surface area contributed by atoms with Gasteiger partial charge in [-0.1, -0.05) is 30.0 Å². The number of thioether (sulfide) groups is 1. The van der Waals surface area contributed by atoms with Crippen LogP contribution in [0, 0.1) is 6.92 Å². The van der Waals surface area contributed by atoms with Gasteiger partial charge in [-0.05, 0) is 24.6 Å². The van der Waals surface area contributed by atoms with Crippen LogP contribution in [0.3, 0.4) is 0 Å². The van der Waals surface area contributed by atoms with Crippen LogP contribution in [-0.4, -0.2) is 47.4 Å². The summed E-state index contributed by atoms with van der Waals surface area (Å²) in [5.41, 5.74) is 2.33. The number of carbonyl (C=O) groups excluding carboxylic acids is 3. The van der Waals surface area contributed by atoms with Crippen molar-refractivity contribution in [1.29, 1.82) is 0 Å². The van der Waals surface area contributed by atoms with Gasteiger partial charge in [-0.3, -0.25) is 4.79 Å². The molecule has 1 aromatic carbocycles. The van der Waals surface area contributed by atoms with Crippen molar-refractivity contribution in [3.63, 3.8) is 0 Å². The number of ether oxygens (including phenoxy) is 2. The molecule has 0 bridgehead atoms. The van der Waals surface area contributed by atoms with Gasteiger partial charge < -0.3 is 19.4 Å². The molecule has 1 amide bonds. The van der Waals surface area contributed by atoms with Gasteiger partial charge in [0.1, 0.15) is 9.88 Å². The fraction of sp³-hybridized carbons (Fsp3) is 0.238. The van der Waals surface area contributed by atoms with Crippen LogP contribution >= 0.6 is 23.1 Å². The van der Waals surface area contributed by atoms with E-state index in [0.717, 1.165) is 22.4 Å². The maximum absolute atomic E-state index is 12.6. The highest BCUT2D eigenvalue weighted by molar-refractivity contribution is 7.99. The smallest absolute Gasteiger partial charge is 0.348 e. The van der Waals surface area contributed by atoms with Crippen LogP contribution in [0.2, 0.25) is 0 Å². The average Bonchev–Trinajstić information content (AvgIpc) is 3.29. The lowest BCUT2D eigenvalue weighted by atomic mass is 10.1. The maximum Gasteiger partial charge on any atom is 0.348 e. The predicted molar refractivity (Wildman–Crippen MR) is 121 cm³/mol. The van der Waals surface area contributed by atoms with Gasteiger partial charge in [-0.25, -0.2) is 14.6 Å². The molecule has 1 N–H and O–H groups in total. The van der Waals surface area contributed by atoms with E-state index in [4.69, 9.17) is 9.47 Å². The van der Waals surface area contributed by atoms with E-state index in [9.17, 15) is 14.4 Å². The number of esters is 2. The number of amides is 1. The maximum atomic E-state index is 12.6. The van der Waals surface area contributed by atoms with Crippen LogP contribution in [-0.2, 0) is 20.8 Å². The minimum atomic E-state index is -0.639. The molecule has 0 saturated carbocycles. The minimum absolute atomic E-state index is 0.0611. The molecule has 0 spiro atoms. The standard InChI is InChI=1S/C21H21N3O5S2/c1-5-10-24-14-9-7-6-8-13(14)22-21(24)30-11-15(25)23-18-16(19(26)28-3)12(2)17(31-18)20(27)29-4/h5-9H,1,10-11H2,2-4H3,(H,23,25). The Morgan fingerprint density at radius 3 is 2.61 bits per heavy atom. The van der Waals surface area contributed by atoms with Gasteiger partial charge >= 0.3 is 11.9 Å². The molecule has 0 unspecified atom stereocenters. The van der Waals surface area contributed by atoms with E-state index >= 15 is 0 Å². The number of hydrogen-bond donors (Lipinski definition) is 1. The Morgan fingerprint density at radius 2 is 1.94 bits per heavy atom. The Bertz CT molecular complexity index is 1170. The van der Waals surface area contributed by atoms with Crippen molar-refractivity contribution in [1.82, 2.24) is 9.55 Å². The summed E-state index contributed by atoms with van der Waals surface area (Å²) >= 11 is 2.25. The number of carbonyl (C=O) groups is 3. The van der Waals surface area contributed by atoms with Crippen LogP contribution in [0.15, 0.2) is 42.1 Å². The molecule has 162 valence electrons. The summed E-state index contributed by atoms with van der Waals surface area (Å²) in [6, 6.07) is 7.70. The number of para-hydroxylation sites is 2. The number of thiophene rings is 1. The first-order valence-corrected chi connectivity index (χ1v) is 11.0. The molecule has 0 saturated heterocycles. The predicted octanol–water partition coefficient (Wildman–Crippen LogP) is 3.90. The number of allylic oxidation sites excluding steroid dienone is 1. The van der Waals surface area contributed by atoms with E-state index in [1.165, 1.54) is 26.0 Å². The first-order valence-electron chi connectivity index (χ1n) is 9.20. The van der Waals surface area contributed by atoms with Gasteiger partial charge in [0.2, 0.25) is 5.91 Å². The number of aromatic nitrogens is 2. The zero-order chi connectivity index (χ0) is 22.5. The third-order valence-electron chi connectivity index (χ3n) is 4.42. The Labute approximate surface area is 187 Å². The molecule has 0 aliphatic rings. The number of hydrogen-bond acceptors (Lipinski definition) is 8. The first-order chi connectivity index (χ1) is 14.9. The number of methoxy groups -OCH3 is 2. The molecular weight excluding hydrogens is 438 g/mol. The number of nitrogens with zero attached hydrogens (tertiary/aromatic N) is 2. The summed E-state index contributed by atoms with van der Waals surface area (Å²) in [4.78, 5) is 41.7. The van der Waals surface area contributed by atoms with Gasteiger partial charge in [0.25, 0.3) is 0 Å². The summed E-state index contributed by atoms with van der Waals surface area (Å²) in [6.45, 7) is 5.95. The number of imidazole rings is 1. The highest BCUT2D eigenvalue weighted by Gasteiger charge is 2.27. The Balaban J connectivity index is 1.81. The van der Waals surface area contributed by atoms with Gasteiger partial charge in [-0.2, -0.15) is 0 Å². The zero-order valence-corrected chi connectivity index (χ0v) is 18.9. The van der Waals surface area contributed by atoms with Gasteiger partial charge in [0.05, 0.1) is 36.6 Å². The molecular formula is C21H21N3O5S2. The van der Waals surface area contributed by atoms with Crippen molar-refractivity contribution >= 4 is 57.0 Å². The third kappa shape index (κ3) is 4.64. The number of fused-ring (bicyclic) bond motifs is 1. The lowest BCUT2D eigenvalue weighted by Gasteiger charge is -2.07. The van der Waals surface area contributed by atoms with E-state index in [1.54, 1.807) is 13.0 Å². The average molecular weight is 460 g/mol. The highest BCUT2D eigenvalue weighted by atomic mass is 32.2. The molecule has 0 radical (unpaired) electrons. The summed E-state index contributed by atoms with van der Waals surface area (Å²) in [6.07, 6.45) is 1.77. The zero-order valence-electron chi connectivity index (χ0n) is 17.3. The number of nitrogens with one attached hydrogen (secondary N) is 1. The quantitative estimate of drug-likeness (QED) is 0.310. The molecule has 2 heterocycles. The normalized spacial score (nSPS) is 10.7. The van der Waals surface area contributed by atoms with E-state index in [1.807, 2.05) is 28.8 Å². The van der Waals surface area contributed by atoms with Crippen molar-refractivity contribution in [3.05, 3.63) is 52.9 Å². The fourth-order valence-corrected chi connectivity index (χ4v) is 4.95. The Morgan fingerprint density at radius 1 is 1.23 bits per heavy atom. The van der Waals surface area contributed by atoms with E-state index < -0.39 is 11.9 Å².